The van der Waals surface area contributed by atoms with Crippen LogP contribution in [-0.2, 0) is 4.79 Å². The van der Waals surface area contributed by atoms with E-state index >= 15 is 0 Å². The van der Waals surface area contributed by atoms with Crippen molar-refractivity contribution in [2.75, 3.05) is 5.32 Å². The molecule has 2 aromatic carbocycles. The van der Waals surface area contributed by atoms with E-state index in [1.807, 2.05) is 36.4 Å². The summed E-state index contributed by atoms with van der Waals surface area (Å²) in [4.78, 5) is 16.3. The number of hydrogen-bond donors (Lipinski definition) is 1. The van der Waals surface area contributed by atoms with Gasteiger partial charge in [0, 0.05) is 22.2 Å². The van der Waals surface area contributed by atoms with Crippen LogP contribution in [0.15, 0.2) is 53.9 Å². The molecule has 0 aliphatic carbocycles. The standard InChI is InChI=1S/C19H17ClN2OS/c1-12-5-3-4-6-16(12)19-22-17(11-24-19)14-7-9-15(10-8-14)21-18(23)13(2)20/h3-11,13H,1-2H3,(H,21,23). The minimum Gasteiger partial charge on any atom is -0.325 e. The van der Waals surface area contributed by atoms with Gasteiger partial charge in [-0.25, -0.2) is 4.98 Å². The molecule has 0 saturated carbocycles. The SMILES string of the molecule is Cc1ccccc1-c1nc(-c2ccc(NC(=O)C(C)Cl)cc2)cs1. The molecule has 1 aromatic heterocycles. The summed E-state index contributed by atoms with van der Waals surface area (Å²) in [5, 5.41) is 5.28. The third-order valence-electron chi connectivity index (χ3n) is 3.69. The average molecular weight is 357 g/mol. The van der Waals surface area contributed by atoms with Crippen LogP contribution in [0.4, 0.5) is 5.69 Å². The van der Waals surface area contributed by atoms with E-state index in [0.29, 0.717) is 0 Å². The molecule has 1 atom stereocenters. The van der Waals surface area contributed by atoms with Gasteiger partial charge in [0.05, 0.1) is 5.69 Å². The van der Waals surface area contributed by atoms with Crippen LogP contribution in [0.5, 0.6) is 0 Å². The highest BCUT2D eigenvalue weighted by molar-refractivity contribution is 7.13. The zero-order valence-electron chi connectivity index (χ0n) is 13.4. The highest BCUT2D eigenvalue weighted by Gasteiger charge is 2.11. The zero-order valence-corrected chi connectivity index (χ0v) is 15.0. The molecule has 3 aromatic rings. The van der Waals surface area contributed by atoms with Crippen molar-refractivity contribution in [2.45, 2.75) is 19.2 Å². The number of halogens is 1. The van der Waals surface area contributed by atoms with Gasteiger partial charge in [-0.1, -0.05) is 36.4 Å². The summed E-state index contributed by atoms with van der Waals surface area (Å²) in [6, 6.07) is 15.9. The summed E-state index contributed by atoms with van der Waals surface area (Å²) >= 11 is 7.39. The number of amides is 1. The second-order valence-corrected chi connectivity index (χ2v) is 7.05. The van der Waals surface area contributed by atoms with Crippen molar-refractivity contribution >= 4 is 34.5 Å². The average Bonchev–Trinajstić information content (AvgIpc) is 3.05. The molecule has 0 spiro atoms. The molecule has 3 rings (SSSR count). The molecule has 1 heterocycles. The third kappa shape index (κ3) is 3.66. The Morgan fingerprint density at radius 2 is 1.88 bits per heavy atom. The van der Waals surface area contributed by atoms with Crippen molar-refractivity contribution in [3.63, 3.8) is 0 Å². The van der Waals surface area contributed by atoms with Crippen LogP contribution >= 0.6 is 22.9 Å². The van der Waals surface area contributed by atoms with Gasteiger partial charge in [-0.15, -0.1) is 22.9 Å². The molecule has 1 N–H and O–H groups in total. The minimum absolute atomic E-state index is 0.208. The monoisotopic (exact) mass is 356 g/mol. The molecule has 0 fully saturated rings. The van der Waals surface area contributed by atoms with Gasteiger partial charge in [-0.2, -0.15) is 0 Å². The maximum atomic E-state index is 11.6. The largest absolute Gasteiger partial charge is 0.325 e. The summed E-state index contributed by atoms with van der Waals surface area (Å²) in [5.41, 5.74) is 5.05. The van der Waals surface area contributed by atoms with E-state index in [4.69, 9.17) is 16.6 Å². The van der Waals surface area contributed by atoms with Gasteiger partial charge >= 0.3 is 0 Å². The number of hydrogen-bond acceptors (Lipinski definition) is 3. The lowest BCUT2D eigenvalue weighted by atomic mass is 10.1. The lowest BCUT2D eigenvalue weighted by Crippen LogP contribution is -2.20. The van der Waals surface area contributed by atoms with E-state index in [2.05, 4.69) is 29.8 Å². The first-order valence-corrected chi connectivity index (χ1v) is 8.93. The lowest BCUT2D eigenvalue weighted by molar-refractivity contribution is -0.115. The second-order valence-electron chi connectivity index (χ2n) is 5.54. The number of benzene rings is 2. The van der Waals surface area contributed by atoms with Gasteiger partial charge in [0.1, 0.15) is 10.4 Å². The molecule has 5 heteroatoms. The Balaban J connectivity index is 1.81. The Morgan fingerprint density at radius 1 is 1.17 bits per heavy atom. The van der Waals surface area contributed by atoms with Crippen molar-refractivity contribution < 1.29 is 4.79 Å². The molecule has 1 amide bonds. The molecule has 24 heavy (non-hydrogen) atoms. The molecule has 0 aliphatic heterocycles. The first kappa shape index (κ1) is 16.7. The fourth-order valence-electron chi connectivity index (χ4n) is 2.31. The van der Waals surface area contributed by atoms with Gasteiger partial charge < -0.3 is 5.32 Å². The normalized spacial score (nSPS) is 12.0. The number of carbonyl (C=O) groups is 1. The number of alkyl halides is 1. The zero-order chi connectivity index (χ0) is 17.1. The van der Waals surface area contributed by atoms with Gasteiger partial charge in [-0.3, -0.25) is 4.79 Å². The van der Waals surface area contributed by atoms with Crippen LogP contribution in [0.1, 0.15) is 12.5 Å². The summed E-state index contributed by atoms with van der Waals surface area (Å²) in [6.07, 6.45) is 0. The number of nitrogens with one attached hydrogen (secondary N) is 1. The van der Waals surface area contributed by atoms with Crippen molar-refractivity contribution in [1.82, 2.24) is 4.98 Å². The van der Waals surface area contributed by atoms with Gasteiger partial charge in [0.25, 0.3) is 0 Å². The first-order chi connectivity index (χ1) is 11.5. The number of aromatic nitrogens is 1. The molecule has 0 radical (unpaired) electrons. The quantitative estimate of drug-likeness (QED) is 0.640. The Kier molecular flexibility index (Phi) is 4.97. The van der Waals surface area contributed by atoms with Crippen molar-refractivity contribution in [1.29, 1.82) is 0 Å². The summed E-state index contributed by atoms with van der Waals surface area (Å²) < 4.78 is 0. The number of thiazole rings is 1. The molecule has 1 unspecified atom stereocenters. The molecule has 0 saturated heterocycles. The van der Waals surface area contributed by atoms with E-state index in [1.165, 1.54) is 5.56 Å². The second kappa shape index (κ2) is 7.16. The van der Waals surface area contributed by atoms with E-state index in [9.17, 15) is 4.79 Å². The van der Waals surface area contributed by atoms with Gasteiger partial charge in [0.2, 0.25) is 5.91 Å². The fourth-order valence-corrected chi connectivity index (χ4v) is 3.28. The Morgan fingerprint density at radius 3 is 2.54 bits per heavy atom. The van der Waals surface area contributed by atoms with E-state index < -0.39 is 5.38 Å². The summed E-state index contributed by atoms with van der Waals surface area (Å²) in [6.45, 7) is 3.74. The number of rotatable bonds is 4. The highest BCUT2D eigenvalue weighted by Crippen LogP contribution is 2.31. The summed E-state index contributed by atoms with van der Waals surface area (Å²) in [5.74, 6) is -0.208. The van der Waals surface area contributed by atoms with E-state index in [0.717, 1.165) is 27.5 Å². The summed E-state index contributed by atoms with van der Waals surface area (Å²) in [7, 11) is 0. The predicted molar refractivity (Wildman–Crippen MR) is 102 cm³/mol. The van der Waals surface area contributed by atoms with Crippen LogP contribution in [0.2, 0.25) is 0 Å². The lowest BCUT2D eigenvalue weighted by Gasteiger charge is -2.07. The van der Waals surface area contributed by atoms with Crippen LogP contribution in [-0.4, -0.2) is 16.3 Å². The number of anilines is 1. The van der Waals surface area contributed by atoms with Crippen LogP contribution < -0.4 is 5.32 Å². The predicted octanol–water partition coefficient (Wildman–Crippen LogP) is 5.35. The van der Waals surface area contributed by atoms with E-state index in [1.54, 1.807) is 18.3 Å². The first-order valence-electron chi connectivity index (χ1n) is 7.61. The van der Waals surface area contributed by atoms with Crippen molar-refractivity contribution in [3.05, 3.63) is 59.5 Å². The molecule has 0 aliphatic rings. The van der Waals surface area contributed by atoms with Gasteiger partial charge in [-0.05, 0) is 31.5 Å². The van der Waals surface area contributed by atoms with Gasteiger partial charge in [0.15, 0.2) is 0 Å². The van der Waals surface area contributed by atoms with E-state index in [-0.39, 0.29) is 5.91 Å². The number of carbonyl (C=O) groups excluding carboxylic acids is 1. The Labute approximate surface area is 150 Å². The minimum atomic E-state index is -0.556. The maximum Gasteiger partial charge on any atom is 0.242 e. The molecular weight excluding hydrogens is 340 g/mol. The molecular formula is C19H17ClN2OS. The Hall–Kier alpha value is -2.17. The van der Waals surface area contributed by atoms with Crippen LogP contribution in [0, 0.1) is 6.92 Å². The smallest absolute Gasteiger partial charge is 0.242 e. The van der Waals surface area contributed by atoms with Crippen molar-refractivity contribution in [2.24, 2.45) is 0 Å². The molecule has 122 valence electrons. The number of nitrogens with zero attached hydrogens (tertiary/aromatic N) is 1. The Bertz CT molecular complexity index is 856. The van der Waals surface area contributed by atoms with Crippen LogP contribution in [0.3, 0.4) is 0 Å². The number of aryl methyl sites for hydroxylation is 1. The van der Waals surface area contributed by atoms with Crippen LogP contribution in [0.25, 0.3) is 21.8 Å². The highest BCUT2D eigenvalue weighted by atomic mass is 35.5. The third-order valence-corrected chi connectivity index (χ3v) is 4.76. The molecule has 3 nitrogen and oxygen atoms in total. The fraction of sp³-hybridized carbons (Fsp3) is 0.158. The maximum absolute atomic E-state index is 11.6. The molecule has 0 bridgehead atoms. The topological polar surface area (TPSA) is 42.0 Å². The van der Waals surface area contributed by atoms with Crippen molar-refractivity contribution in [3.8, 4) is 21.8 Å².